The topological polar surface area (TPSA) is 12.9 Å². The number of rotatable bonds is 3. The summed E-state index contributed by atoms with van der Waals surface area (Å²) >= 11 is 1.76. The van der Waals surface area contributed by atoms with E-state index >= 15 is 0 Å². The van der Waals surface area contributed by atoms with E-state index in [2.05, 4.69) is 78.5 Å². The van der Waals surface area contributed by atoms with Gasteiger partial charge in [0, 0.05) is 16.6 Å². The zero-order chi connectivity index (χ0) is 14.9. The number of pyridine rings is 1. The third kappa shape index (κ3) is 3.14. The van der Waals surface area contributed by atoms with E-state index in [1.165, 1.54) is 21.2 Å². The Balaban J connectivity index is 1.96. The molecule has 0 radical (unpaired) electrons. The second-order valence-corrected chi connectivity index (χ2v) is 12.3. The van der Waals surface area contributed by atoms with Crippen LogP contribution < -0.4 is 5.19 Å². The van der Waals surface area contributed by atoms with Gasteiger partial charge in [-0.05, 0) is 29.1 Å². The molecule has 0 aliphatic heterocycles. The molecule has 0 unspecified atom stereocenters. The van der Waals surface area contributed by atoms with Gasteiger partial charge in [-0.2, -0.15) is 0 Å². The van der Waals surface area contributed by atoms with Crippen LogP contribution in [0.5, 0.6) is 0 Å². The Bertz CT molecular complexity index is 725. The highest BCUT2D eigenvalue weighted by molar-refractivity contribution is 7.13. The molecule has 0 amide bonds. The van der Waals surface area contributed by atoms with Crippen LogP contribution in [-0.2, 0) is 0 Å². The molecule has 0 atom stereocenters. The largest absolute Gasteiger partial charge is 0.256 e. The second-order valence-electron chi connectivity index (χ2n) is 6.23. The summed E-state index contributed by atoms with van der Waals surface area (Å²) in [5, 5.41) is 3.60. The first-order valence-corrected chi connectivity index (χ1v) is 11.5. The van der Waals surface area contributed by atoms with Crippen molar-refractivity contribution in [2.24, 2.45) is 0 Å². The van der Waals surface area contributed by atoms with Crippen molar-refractivity contribution in [3.8, 4) is 21.7 Å². The normalized spacial score (nSPS) is 11.6. The van der Waals surface area contributed by atoms with Crippen LogP contribution in [0.15, 0.2) is 60.1 Å². The van der Waals surface area contributed by atoms with Crippen molar-refractivity contribution >= 4 is 24.6 Å². The van der Waals surface area contributed by atoms with Crippen molar-refractivity contribution in [3.05, 3.63) is 60.1 Å². The average molecular weight is 310 g/mol. The molecule has 0 saturated heterocycles. The van der Waals surface area contributed by atoms with E-state index in [1.54, 1.807) is 11.3 Å². The molecule has 0 aliphatic carbocycles. The molecular weight excluding hydrogens is 290 g/mol. The Morgan fingerprint density at radius 1 is 0.905 bits per heavy atom. The quantitative estimate of drug-likeness (QED) is 0.619. The zero-order valence-electron chi connectivity index (χ0n) is 12.6. The van der Waals surface area contributed by atoms with Crippen LogP contribution in [0, 0.1) is 0 Å². The van der Waals surface area contributed by atoms with Crippen LogP contribution in [0.1, 0.15) is 0 Å². The molecule has 3 heteroatoms. The van der Waals surface area contributed by atoms with Gasteiger partial charge in [-0.3, -0.25) is 4.98 Å². The summed E-state index contributed by atoms with van der Waals surface area (Å²) in [5.41, 5.74) is 3.47. The standard InChI is InChI=1S/C18H19NSSi/c1-21(2,3)16-8-6-14(7-9-16)17-13-15(10-11-19-17)18-5-4-12-20-18/h4-13H,1-3H3. The van der Waals surface area contributed by atoms with E-state index in [0.29, 0.717) is 0 Å². The maximum atomic E-state index is 4.53. The van der Waals surface area contributed by atoms with E-state index in [-0.39, 0.29) is 0 Å². The van der Waals surface area contributed by atoms with Crippen LogP contribution in [-0.4, -0.2) is 13.1 Å². The van der Waals surface area contributed by atoms with Crippen molar-refractivity contribution in [1.29, 1.82) is 0 Å². The summed E-state index contributed by atoms with van der Waals surface area (Å²) in [6, 6.07) is 17.4. The maximum absolute atomic E-state index is 4.53. The lowest BCUT2D eigenvalue weighted by atomic mass is 10.1. The minimum absolute atomic E-state index is 1.04. The van der Waals surface area contributed by atoms with Crippen LogP contribution in [0.25, 0.3) is 21.7 Å². The van der Waals surface area contributed by atoms with Crippen molar-refractivity contribution in [1.82, 2.24) is 4.98 Å². The number of benzene rings is 1. The van der Waals surface area contributed by atoms with Gasteiger partial charge in [0.1, 0.15) is 0 Å². The van der Waals surface area contributed by atoms with Crippen LogP contribution in [0.2, 0.25) is 19.6 Å². The third-order valence-electron chi connectivity index (χ3n) is 3.61. The van der Waals surface area contributed by atoms with Gasteiger partial charge in [0.2, 0.25) is 0 Å². The molecule has 106 valence electrons. The number of hydrogen-bond acceptors (Lipinski definition) is 2. The van der Waals surface area contributed by atoms with Gasteiger partial charge in [-0.15, -0.1) is 11.3 Å². The molecule has 3 aromatic rings. The van der Waals surface area contributed by atoms with Gasteiger partial charge >= 0.3 is 0 Å². The summed E-state index contributed by atoms with van der Waals surface area (Å²) in [5.74, 6) is 0. The van der Waals surface area contributed by atoms with E-state index in [4.69, 9.17) is 0 Å². The lowest BCUT2D eigenvalue weighted by Gasteiger charge is -2.16. The minimum atomic E-state index is -1.23. The van der Waals surface area contributed by atoms with E-state index in [0.717, 1.165) is 5.69 Å². The summed E-state index contributed by atoms with van der Waals surface area (Å²) in [4.78, 5) is 5.82. The van der Waals surface area contributed by atoms with Crippen molar-refractivity contribution in [3.63, 3.8) is 0 Å². The van der Waals surface area contributed by atoms with Crippen LogP contribution in [0.4, 0.5) is 0 Å². The highest BCUT2D eigenvalue weighted by Gasteiger charge is 2.15. The first-order valence-electron chi connectivity index (χ1n) is 7.15. The van der Waals surface area contributed by atoms with Crippen molar-refractivity contribution in [2.75, 3.05) is 0 Å². The number of nitrogens with zero attached hydrogens (tertiary/aromatic N) is 1. The maximum Gasteiger partial charge on any atom is 0.0775 e. The Kier molecular flexibility index (Phi) is 3.78. The van der Waals surface area contributed by atoms with Gasteiger partial charge in [0.25, 0.3) is 0 Å². The van der Waals surface area contributed by atoms with Gasteiger partial charge < -0.3 is 0 Å². The first-order chi connectivity index (χ1) is 10.0. The highest BCUT2D eigenvalue weighted by Crippen LogP contribution is 2.27. The fourth-order valence-corrected chi connectivity index (χ4v) is 4.22. The molecule has 0 fully saturated rings. The molecule has 2 aromatic heterocycles. The molecule has 0 bridgehead atoms. The molecule has 3 rings (SSSR count). The van der Waals surface area contributed by atoms with Gasteiger partial charge in [0.05, 0.1) is 13.8 Å². The smallest absolute Gasteiger partial charge is 0.0775 e. The molecule has 1 nitrogen and oxygen atoms in total. The molecular formula is C18H19NSSi. The number of hydrogen-bond donors (Lipinski definition) is 0. The Hall–Kier alpha value is -1.71. The fourth-order valence-electron chi connectivity index (χ4n) is 2.33. The average Bonchev–Trinajstić information content (AvgIpc) is 3.01. The predicted molar refractivity (Wildman–Crippen MR) is 96.0 cm³/mol. The molecule has 21 heavy (non-hydrogen) atoms. The fraction of sp³-hybridized carbons (Fsp3) is 0.167. The monoisotopic (exact) mass is 309 g/mol. The number of aromatic nitrogens is 1. The summed E-state index contributed by atoms with van der Waals surface area (Å²) < 4.78 is 0. The third-order valence-corrected chi connectivity index (χ3v) is 6.60. The Morgan fingerprint density at radius 2 is 1.67 bits per heavy atom. The molecule has 0 N–H and O–H groups in total. The first kappa shape index (κ1) is 14.2. The molecule has 2 heterocycles. The van der Waals surface area contributed by atoms with Crippen LogP contribution >= 0.6 is 11.3 Å². The lowest BCUT2D eigenvalue weighted by molar-refractivity contribution is 1.33. The van der Waals surface area contributed by atoms with E-state index < -0.39 is 8.07 Å². The van der Waals surface area contributed by atoms with Crippen molar-refractivity contribution in [2.45, 2.75) is 19.6 Å². The molecule has 0 aliphatic rings. The van der Waals surface area contributed by atoms with Gasteiger partial charge in [-0.1, -0.05) is 55.2 Å². The van der Waals surface area contributed by atoms with E-state index in [9.17, 15) is 0 Å². The van der Waals surface area contributed by atoms with Crippen molar-refractivity contribution < 1.29 is 0 Å². The second kappa shape index (κ2) is 5.58. The van der Waals surface area contributed by atoms with Crippen LogP contribution in [0.3, 0.4) is 0 Å². The summed E-state index contributed by atoms with van der Waals surface area (Å²) in [7, 11) is -1.23. The highest BCUT2D eigenvalue weighted by atomic mass is 32.1. The molecule has 0 spiro atoms. The summed E-state index contributed by atoms with van der Waals surface area (Å²) in [6.07, 6.45) is 1.90. The van der Waals surface area contributed by atoms with E-state index in [1.807, 2.05) is 6.20 Å². The Labute approximate surface area is 131 Å². The molecule has 1 aromatic carbocycles. The number of thiophene rings is 1. The minimum Gasteiger partial charge on any atom is -0.256 e. The SMILES string of the molecule is C[Si](C)(C)c1ccc(-c2cc(-c3cccs3)ccn2)cc1. The summed E-state index contributed by atoms with van der Waals surface area (Å²) in [6.45, 7) is 7.12. The Morgan fingerprint density at radius 3 is 2.29 bits per heavy atom. The lowest BCUT2D eigenvalue weighted by Crippen LogP contribution is -2.37. The molecule has 0 saturated carbocycles. The van der Waals surface area contributed by atoms with Gasteiger partial charge in [0.15, 0.2) is 0 Å². The zero-order valence-corrected chi connectivity index (χ0v) is 14.4. The predicted octanol–water partition coefficient (Wildman–Crippen LogP) is 5.02. The van der Waals surface area contributed by atoms with Gasteiger partial charge in [-0.25, -0.2) is 0 Å².